The van der Waals surface area contributed by atoms with Crippen molar-refractivity contribution < 1.29 is 252 Å². The van der Waals surface area contributed by atoms with Gasteiger partial charge in [-0.05, 0) is 0 Å². The van der Waals surface area contributed by atoms with Crippen molar-refractivity contribution in [2.24, 2.45) is 0 Å². The predicted molar refractivity (Wildman–Crippen MR) is 92.5 cm³/mol. The molecule has 0 bridgehead atoms. The van der Waals surface area contributed by atoms with Crippen LogP contribution in [-0.4, -0.2) is 146 Å². The topological polar surface area (TPSA) is 730 Å². The van der Waals surface area contributed by atoms with Crippen molar-refractivity contribution in [3.63, 3.8) is 0 Å². The molecule has 0 aliphatic carbocycles. The van der Waals surface area contributed by atoms with Crippen LogP contribution in [0.2, 0.25) is 0 Å². The van der Waals surface area contributed by atoms with Crippen molar-refractivity contribution in [2.45, 2.75) is 0 Å². The summed E-state index contributed by atoms with van der Waals surface area (Å²) in [4.78, 5) is 0. The van der Waals surface area contributed by atoms with E-state index in [0.717, 1.165) is 0 Å². The minimum absolute atomic E-state index is 0. The molecule has 0 unspecified atom stereocenters. The van der Waals surface area contributed by atoms with Crippen LogP contribution in [0.25, 0.3) is 0 Å². The molecule has 0 saturated carbocycles. The van der Waals surface area contributed by atoms with Gasteiger partial charge in [0.15, 0.2) is 0 Å². The van der Waals surface area contributed by atoms with Crippen LogP contribution >= 0.6 is 0 Å². The third-order valence-corrected chi connectivity index (χ3v) is 0. The molecule has 0 fully saturated rings. The Morgan fingerprint density at radius 2 is 0.194 bits per heavy atom. The van der Waals surface area contributed by atoms with Crippen molar-refractivity contribution in [3.8, 4) is 0 Å². The van der Waals surface area contributed by atoms with Gasteiger partial charge in [-0.25, -0.2) is 0 Å². The molecule has 24 nitrogen and oxygen atoms in total. The molecule has 0 aromatic carbocycles. The van der Waals surface area contributed by atoms with Gasteiger partial charge in [0.2, 0.25) is 0 Å². The normalized spacial score (nSPS) is 1.16. The molecule has 0 aromatic rings. The van der Waals surface area contributed by atoms with E-state index in [0.29, 0.717) is 0 Å². The molecule has 0 heterocycles. The SMILES string of the molecule is O.O.O.O.O.O.O.O.O.O.O.O.O.O.O.O.O.O.O.O.O.[OH2+][Te]([OH2+])[OH2+].[W].[W].[W].[W].[W].[W]. The monoisotopic (exact) mass is 1670 g/mol. The van der Waals surface area contributed by atoms with Crippen LogP contribution in [-0.2, 0) is 126 Å². The summed E-state index contributed by atoms with van der Waals surface area (Å²) in [5, 5.41) is 0. The Hall–Kier alpha value is 3.96. The molecule has 0 amide bonds. The molecular formula is H48O24TeW6+3. The molecule has 231 valence electrons. The van der Waals surface area contributed by atoms with E-state index in [1.54, 1.807) is 0 Å². The van der Waals surface area contributed by atoms with Gasteiger partial charge in [0.1, 0.15) is 0 Å². The van der Waals surface area contributed by atoms with Crippen molar-refractivity contribution in [1.29, 1.82) is 0 Å². The average Bonchev–Trinajstić information content (AvgIpc) is 0.811. The van der Waals surface area contributed by atoms with Gasteiger partial charge in [0, 0.05) is 126 Å². The summed E-state index contributed by atoms with van der Waals surface area (Å²) in [5.41, 5.74) is 0. The molecular weight excluding hydrogens is 1610 g/mol. The maximum atomic E-state index is 6.09. The molecule has 0 saturated heterocycles. The maximum Gasteiger partial charge on any atom is 0 e. The molecule has 1 radical (unpaired) electrons. The van der Waals surface area contributed by atoms with Gasteiger partial charge in [0.25, 0.3) is 0 Å². The van der Waals surface area contributed by atoms with Gasteiger partial charge in [-0.1, -0.05) is 0 Å². The van der Waals surface area contributed by atoms with Crippen molar-refractivity contribution in [3.05, 3.63) is 0 Å². The second-order valence-electron chi connectivity index (χ2n) is 0.306. The van der Waals surface area contributed by atoms with Crippen LogP contribution in [0, 0.1) is 0 Å². The largest absolute Gasteiger partial charge is 0 e. The van der Waals surface area contributed by atoms with Crippen LogP contribution in [0.3, 0.4) is 0 Å². The molecule has 48 N–H and O–H groups in total. The van der Waals surface area contributed by atoms with E-state index in [4.69, 9.17) is 10.4 Å². The Kier molecular flexibility index (Phi) is 20500. The molecule has 0 aliphatic heterocycles. The summed E-state index contributed by atoms with van der Waals surface area (Å²) < 4.78 is 18.3. The Balaban J connectivity index is -0.000000000128. The second-order valence-corrected chi connectivity index (χ2v) is 2.05. The zero-order chi connectivity index (χ0) is 3.58. The van der Waals surface area contributed by atoms with Gasteiger partial charge >= 0.3 is 31.2 Å². The summed E-state index contributed by atoms with van der Waals surface area (Å²) in [6.07, 6.45) is 0. The summed E-state index contributed by atoms with van der Waals surface area (Å²) in [5.74, 6) is 0. The van der Waals surface area contributed by atoms with Crippen LogP contribution in [0.1, 0.15) is 0 Å². The Morgan fingerprint density at radius 3 is 0.194 bits per heavy atom. The van der Waals surface area contributed by atoms with E-state index in [1.807, 2.05) is 0 Å². The van der Waals surface area contributed by atoms with Crippen molar-refractivity contribution >= 4 is 20.8 Å². The first kappa shape index (κ1) is 832. The van der Waals surface area contributed by atoms with Crippen LogP contribution in [0.5, 0.6) is 0 Å². The molecule has 0 aromatic heterocycles. The molecule has 0 aliphatic rings. The minimum Gasteiger partial charge on any atom is 0 e. The first-order valence-corrected chi connectivity index (χ1v) is 4.11. The zero-order valence-electron chi connectivity index (χ0n) is 14.9. The fraction of sp³-hybridized carbons (Fsp3) is 0. The first-order chi connectivity index (χ1) is 1.73. The number of hydrogen-bond acceptors (Lipinski definition) is 0. The molecule has 0 rings (SSSR count). The Morgan fingerprint density at radius 1 is 0.194 bits per heavy atom. The van der Waals surface area contributed by atoms with Gasteiger partial charge in [-0.2, -0.15) is 0 Å². The van der Waals surface area contributed by atoms with E-state index in [1.165, 1.54) is 0 Å². The van der Waals surface area contributed by atoms with Gasteiger partial charge < -0.3 is 115 Å². The third-order valence-electron chi connectivity index (χ3n) is 0. The van der Waals surface area contributed by atoms with Crippen molar-refractivity contribution in [2.75, 3.05) is 0 Å². The van der Waals surface area contributed by atoms with Gasteiger partial charge in [0.05, 0.1) is 0 Å². The van der Waals surface area contributed by atoms with Crippen LogP contribution in [0.4, 0.5) is 0 Å². The van der Waals surface area contributed by atoms with E-state index >= 15 is 0 Å². The van der Waals surface area contributed by atoms with E-state index in [2.05, 4.69) is 0 Å². The predicted octanol–water partition coefficient (Wildman–Crippen LogP) is -20.2. The van der Waals surface area contributed by atoms with Crippen LogP contribution in [0.15, 0.2) is 0 Å². The quantitative estimate of drug-likeness (QED) is 0.161. The molecule has 31 heavy (non-hydrogen) atoms. The van der Waals surface area contributed by atoms with Crippen LogP contribution < -0.4 is 0 Å². The average molecular weight is 1660 g/mol. The summed E-state index contributed by atoms with van der Waals surface area (Å²) in [6, 6.07) is 0. The smallest absolute Gasteiger partial charge is 0 e. The number of rotatable bonds is 0. The fourth-order valence-electron chi connectivity index (χ4n) is 0. The summed E-state index contributed by atoms with van der Waals surface area (Å²) in [6.45, 7) is 0. The number of hydrogen-bond donors (Lipinski definition) is 0. The summed E-state index contributed by atoms with van der Waals surface area (Å²) >= 11 is -2.61. The Labute approximate surface area is 269 Å². The maximum absolute atomic E-state index is 6.09. The van der Waals surface area contributed by atoms with E-state index in [9.17, 15) is 0 Å². The van der Waals surface area contributed by atoms with Crippen molar-refractivity contribution in [1.82, 2.24) is 0 Å². The van der Waals surface area contributed by atoms with E-state index < -0.39 is 20.8 Å². The fourth-order valence-corrected chi connectivity index (χ4v) is 0. The minimum atomic E-state index is -2.61. The summed E-state index contributed by atoms with van der Waals surface area (Å²) in [7, 11) is 0. The zero-order valence-corrected chi connectivity index (χ0v) is 34.8. The molecule has 0 atom stereocenters. The van der Waals surface area contributed by atoms with Gasteiger partial charge in [-0.15, -0.1) is 0 Å². The van der Waals surface area contributed by atoms with E-state index in [-0.39, 0.29) is 241 Å². The third kappa shape index (κ3) is 2210. The first-order valence-electron chi connectivity index (χ1n) is 0.612. The molecule has 31 heteroatoms. The van der Waals surface area contributed by atoms with Gasteiger partial charge in [-0.3, -0.25) is 0 Å². The Bertz CT molecular complexity index is 32.8. The second kappa shape index (κ2) is 762. The standard InChI is InChI=1S/H6O3Te.21H2O.6W/c1-4(2)3;;;;;;;;;;;;;;;;;;;;;;;;;;;/h1-3H2;21*1H2;;;;;;/q+3;;;;;;;;;;;;;;;;;;;;;;;;;;;. The molecule has 0 spiro atoms.